The van der Waals surface area contributed by atoms with Crippen molar-refractivity contribution in [3.63, 3.8) is 0 Å². The van der Waals surface area contributed by atoms with Crippen molar-refractivity contribution < 1.29 is 12.8 Å². The van der Waals surface area contributed by atoms with Crippen molar-refractivity contribution in [3.05, 3.63) is 24.0 Å². The number of benzene rings is 1. The molecule has 1 aromatic rings. The molecular weight excluding hydrogens is 243 g/mol. The first-order valence-corrected chi connectivity index (χ1v) is 7.33. The average Bonchev–Trinajstić information content (AvgIpc) is 2.29. The molecule has 1 aliphatic heterocycles. The van der Waals surface area contributed by atoms with Gasteiger partial charge in [0.25, 0.3) is 0 Å². The van der Waals surface area contributed by atoms with E-state index in [0.29, 0.717) is 18.8 Å². The van der Waals surface area contributed by atoms with E-state index in [2.05, 4.69) is 5.32 Å². The first-order valence-electron chi connectivity index (χ1n) is 5.44. The Morgan fingerprint density at radius 3 is 2.53 bits per heavy atom. The summed E-state index contributed by atoms with van der Waals surface area (Å²) in [6.07, 6.45) is 1.13. The second-order valence-electron chi connectivity index (χ2n) is 4.12. The lowest BCUT2D eigenvalue weighted by molar-refractivity contribution is 0.564. The topological polar surface area (TPSA) is 49.4 Å². The molecule has 0 aliphatic carbocycles. The number of sulfone groups is 1. The number of nitrogens with one attached hydrogen (secondary N) is 1. The first-order chi connectivity index (χ1) is 7.98. The normalized spacial score (nSPS) is 17.2. The van der Waals surface area contributed by atoms with Crippen LogP contribution in [0.1, 0.15) is 0 Å². The Hall–Kier alpha value is -1.14. The standard InChI is InChI=1S/C11H15FN2O2S/c1-17(15,16)9-2-3-10(12)11(8-9)14-6-4-13-5-7-14/h2-3,8,13H,4-7H2,1H3. The van der Waals surface area contributed by atoms with Crippen molar-refractivity contribution in [2.24, 2.45) is 0 Å². The van der Waals surface area contributed by atoms with Crippen LogP contribution in [-0.4, -0.2) is 40.9 Å². The zero-order valence-corrected chi connectivity index (χ0v) is 10.4. The van der Waals surface area contributed by atoms with E-state index in [-0.39, 0.29) is 10.7 Å². The van der Waals surface area contributed by atoms with Crippen LogP contribution < -0.4 is 10.2 Å². The highest BCUT2D eigenvalue weighted by atomic mass is 32.2. The van der Waals surface area contributed by atoms with Gasteiger partial charge in [0.2, 0.25) is 0 Å². The maximum absolute atomic E-state index is 13.7. The van der Waals surface area contributed by atoms with Crippen LogP contribution in [0, 0.1) is 5.82 Å². The van der Waals surface area contributed by atoms with Gasteiger partial charge >= 0.3 is 0 Å². The van der Waals surface area contributed by atoms with Crippen molar-refractivity contribution in [2.75, 3.05) is 37.3 Å². The molecule has 1 aliphatic rings. The number of piperazine rings is 1. The Morgan fingerprint density at radius 1 is 1.29 bits per heavy atom. The van der Waals surface area contributed by atoms with Crippen molar-refractivity contribution in [3.8, 4) is 0 Å². The summed E-state index contributed by atoms with van der Waals surface area (Å²) in [5, 5.41) is 3.17. The van der Waals surface area contributed by atoms with Gasteiger partial charge in [0.15, 0.2) is 9.84 Å². The van der Waals surface area contributed by atoms with E-state index in [1.165, 1.54) is 18.2 Å². The highest BCUT2D eigenvalue weighted by Gasteiger charge is 2.17. The molecule has 0 atom stereocenters. The van der Waals surface area contributed by atoms with Gasteiger partial charge in [-0.1, -0.05) is 0 Å². The molecule has 0 amide bonds. The Kier molecular flexibility index (Phi) is 3.35. The van der Waals surface area contributed by atoms with Gasteiger partial charge in [0, 0.05) is 32.4 Å². The molecule has 6 heteroatoms. The van der Waals surface area contributed by atoms with Crippen LogP contribution in [0.15, 0.2) is 23.1 Å². The summed E-state index contributed by atoms with van der Waals surface area (Å²) < 4.78 is 36.5. The molecule has 1 N–H and O–H groups in total. The molecule has 2 rings (SSSR count). The minimum absolute atomic E-state index is 0.160. The molecule has 1 saturated heterocycles. The van der Waals surface area contributed by atoms with Gasteiger partial charge in [-0.3, -0.25) is 0 Å². The number of hydrogen-bond donors (Lipinski definition) is 1. The summed E-state index contributed by atoms with van der Waals surface area (Å²) in [7, 11) is -3.29. The summed E-state index contributed by atoms with van der Waals surface area (Å²) in [5.41, 5.74) is 0.370. The molecule has 1 heterocycles. The fraction of sp³-hybridized carbons (Fsp3) is 0.455. The van der Waals surface area contributed by atoms with E-state index in [0.717, 1.165) is 19.3 Å². The van der Waals surface area contributed by atoms with Crippen LogP contribution in [-0.2, 0) is 9.84 Å². The van der Waals surface area contributed by atoms with Gasteiger partial charge in [0.05, 0.1) is 10.6 Å². The minimum Gasteiger partial charge on any atom is -0.367 e. The number of halogens is 1. The van der Waals surface area contributed by atoms with Crippen LogP contribution in [0.3, 0.4) is 0 Å². The van der Waals surface area contributed by atoms with Crippen LogP contribution in [0.25, 0.3) is 0 Å². The average molecular weight is 258 g/mol. The molecule has 1 aromatic carbocycles. The zero-order valence-electron chi connectivity index (χ0n) is 9.61. The van der Waals surface area contributed by atoms with Crippen LogP contribution >= 0.6 is 0 Å². The van der Waals surface area contributed by atoms with Crippen molar-refractivity contribution >= 4 is 15.5 Å². The zero-order chi connectivity index (χ0) is 12.5. The quantitative estimate of drug-likeness (QED) is 0.791. The summed E-state index contributed by atoms with van der Waals surface area (Å²) in [5.74, 6) is -0.376. The SMILES string of the molecule is CS(=O)(=O)c1ccc(F)c(N2CCNCC2)c1. The maximum Gasteiger partial charge on any atom is 0.175 e. The van der Waals surface area contributed by atoms with Gasteiger partial charge < -0.3 is 10.2 Å². The smallest absolute Gasteiger partial charge is 0.175 e. The van der Waals surface area contributed by atoms with Crippen molar-refractivity contribution in [2.45, 2.75) is 4.90 Å². The fourth-order valence-corrected chi connectivity index (χ4v) is 2.51. The molecule has 17 heavy (non-hydrogen) atoms. The summed E-state index contributed by atoms with van der Waals surface area (Å²) >= 11 is 0. The van der Waals surface area contributed by atoms with E-state index in [1.54, 1.807) is 0 Å². The van der Waals surface area contributed by atoms with Gasteiger partial charge in [-0.05, 0) is 18.2 Å². The Morgan fingerprint density at radius 2 is 1.94 bits per heavy atom. The van der Waals surface area contributed by atoms with Crippen molar-refractivity contribution in [1.82, 2.24) is 5.32 Å². The van der Waals surface area contributed by atoms with Crippen LogP contribution in [0.5, 0.6) is 0 Å². The Labute approximate surface area is 100 Å². The summed E-state index contributed by atoms with van der Waals surface area (Å²) in [6.45, 7) is 2.93. The lowest BCUT2D eigenvalue weighted by Gasteiger charge is -2.29. The van der Waals surface area contributed by atoms with E-state index in [4.69, 9.17) is 0 Å². The third-order valence-corrected chi connectivity index (χ3v) is 3.91. The maximum atomic E-state index is 13.7. The highest BCUT2D eigenvalue weighted by molar-refractivity contribution is 7.90. The fourth-order valence-electron chi connectivity index (χ4n) is 1.87. The monoisotopic (exact) mass is 258 g/mol. The summed E-state index contributed by atoms with van der Waals surface area (Å²) in [6, 6.07) is 3.93. The second-order valence-corrected chi connectivity index (χ2v) is 6.14. The predicted octanol–water partition coefficient (Wildman–Crippen LogP) is 0.639. The van der Waals surface area contributed by atoms with Gasteiger partial charge in [0.1, 0.15) is 5.82 Å². The minimum atomic E-state index is -3.29. The third kappa shape index (κ3) is 2.76. The van der Waals surface area contributed by atoms with E-state index < -0.39 is 9.84 Å². The van der Waals surface area contributed by atoms with E-state index in [1.807, 2.05) is 4.90 Å². The highest BCUT2D eigenvalue weighted by Crippen LogP contribution is 2.23. The van der Waals surface area contributed by atoms with Crippen LogP contribution in [0.2, 0.25) is 0 Å². The van der Waals surface area contributed by atoms with Crippen LogP contribution in [0.4, 0.5) is 10.1 Å². The second kappa shape index (κ2) is 4.62. The van der Waals surface area contributed by atoms with Gasteiger partial charge in [-0.25, -0.2) is 12.8 Å². The largest absolute Gasteiger partial charge is 0.367 e. The lowest BCUT2D eigenvalue weighted by atomic mass is 10.2. The van der Waals surface area contributed by atoms with E-state index in [9.17, 15) is 12.8 Å². The molecular formula is C11H15FN2O2S. The molecule has 0 radical (unpaired) electrons. The molecule has 94 valence electrons. The lowest BCUT2D eigenvalue weighted by Crippen LogP contribution is -2.43. The molecule has 4 nitrogen and oxygen atoms in total. The number of hydrogen-bond acceptors (Lipinski definition) is 4. The van der Waals surface area contributed by atoms with Crippen molar-refractivity contribution in [1.29, 1.82) is 0 Å². The number of anilines is 1. The molecule has 0 saturated carbocycles. The van der Waals surface area contributed by atoms with Gasteiger partial charge in [-0.15, -0.1) is 0 Å². The van der Waals surface area contributed by atoms with Gasteiger partial charge in [-0.2, -0.15) is 0 Å². The predicted molar refractivity (Wildman–Crippen MR) is 64.6 cm³/mol. The number of rotatable bonds is 2. The van der Waals surface area contributed by atoms with E-state index >= 15 is 0 Å². The summed E-state index contributed by atoms with van der Waals surface area (Å²) in [4.78, 5) is 2.02. The first kappa shape index (κ1) is 12.3. The Bertz CT molecular complexity index is 510. The molecule has 0 bridgehead atoms. The molecule has 0 spiro atoms. The number of nitrogens with zero attached hydrogens (tertiary/aromatic N) is 1. The molecule has 1 fully saturated rings. The molecule has 0 aromatic heterocycles. The third-order valence-electron chi connectivity index (χ3n) is 2.80. The Balaban J connectivity index is 2.38. The molecule has 0 unspecified atom stereocenters.